The number of hydrogen-bond donors (Lipinski definition) is 1. The lowest BCUT2D eigenvalue weighted by molar-refractivity contribution is -0.114. The quantitative estimate of drug-likeness (QED) is 0.832. The van der Waals surface area contributed by atoms with Gasteiger partial charge in [0, 0.05) is 12.5 Å². The van der Waals surface area contributed by atoms with Crippen molar-refractivity contribution >= 4 is 11.5 Å². The largest absolute Gasteiger partial charge is 0.309 e. The van der Waals surface area contributed by atoms with Crippen LogP contribution in [0, 0.1) is 5.92 Å². The Kier molecular flexibility index (Phi) is 2.24. The van der Waals surface area contributed by atoms with Crippen LogP contribution in [-0.4, -0.2) is 18.0 Å². The molecule has 0 aromatic heterocycles. The summed E-state index contributed by atoms with van der Waals surface area (Å²) in [5, 5.41) is 4.17. The summed E-state index contributed by atoms with van der Waals surface area (Å²) in [6.45, 7) is 0.748. The molecular formula is C13H14N2O. The number of hydrogen-bond acceptors (Lipinski definition) is 3. The average molecular weight is 214 g/mol. The molecule has 1 N–H and O–H groups in total. The molecule has 1 unspecified atom stereocenters. The zero-order valence-electron chi connectivity index (χ0n) is 9.02. The summed E-state index contributed by atoms with van der Waals surface area (Å²) >= 11 is 0. The lowest BCUT2D eigenvalue weighted by atomic mass is 9.91. The van der Waals surface area contributed by atoms with Crippen molar-refractivity contribution in [3.05, 3.63) is 35.9 Å². The van der Waals surface area contributed by atoms with Gasteiger partial charge in [-0.25, -0.2) is 0 Å². The third-order valence-electron chi connectivity index (χ3n) is 3.23. The number of nitrogens with zero attached hydrogens (tertiary/aromatic N) is 1. The summed E-state index contributed by atoms with van der Waals surface area (Å²) in [4.78, 5) is 12.0. The second-order valence-corrected chi connectivity index (χ2v) is 4.46. The molecule has 1 fully saturated rings. The predicted octanol–water partition coefficient (Wildman–Crippen LogP) is 1.71. The van der Waals surface area contributed by atoms with E-state index in [9.17, 15) is 4.79 Å². The third kappa shape index (κ3) is 1.62. The predicted molar refractivity (Wildman–Crippen MR) is 62.4 cm³/mol. The highest BCUT2D eigenvalue weighted by Crippen LogP contribution is 2.33. The molecule has 1 saturated carbocycles. The van der Waals surface area contributed by atoms with Crippen molar-refractivity contribution in [2.75, 3.05) is 6.54 Å². The first-order chi connectivity index (χ1) is 7.86. The van der Waals surface area contributed by atoms with E-state index < -0.39 is 0 Å². The fourth-order valence-electron chi connectivity index (χ4n) is 2.14. The van der Waals surface area contributed by atoms with Crippen molar-refractivity contribution in [3.8, 4) is 0 Å². The van der Waals surface area contributed by atoms with Gasteiger partial charge in [0.15, 0.2) is 5.78 Å². The Morgan fingerprint density at radius 3 is 2.69 bits per heavy atom. The van der Waals surface area contributed by atoms with Crippen LogP contribution in [0.15, 0.2) is 35.4 Å². The molecular weight excluding hydrogens is 200 g/mol. The first-order valence-electron chi connectivity index (χ1n) is 5.76. The molecule has 0 spiro atoms. The van der Waals surface area contributed by atoms with E-state index in [0.717, 1.165) is 25.1 Å². The molecule has 0 saturated heterocycles. The van der Waals surface area contributed by atoms with Gasteiger partial charge in [0.25, 0.3) is 0 Å². The number of Topliss-reactive ketones (excluding diaryl/α,β-unsaturated/α-hetero) is 1. The summed E-state index contributed by atoms with van der Waals surface area (Å²) in [6.07, 6.45) is 2.08. The number of carbonyl (C=O) groups is 1. The maximum atomic E-state index is 12.0. The van der Waals surface area contributed by atoms with E-state index in [1.54, 1.807) is 0 Å². The standard InChI is InChI=1S/C13H14N2O/c16-13(10-6-7-10)12-11(8-14-15-12)9-4-2-1-3-5-9/h1-5,10-11,14H,6-8H2. The van der Waals surface area contributed by atoms with Crippen molar-refractivity contribution in [1.82, 2.24) is 5.43 Å². The van der Waals surface area contributed by atoms with Gasteiger partial charge in [-0.1, -0.05) is 30.3 Å². The lowest BCUT2D eigenvalue weighted by Gasteiger charge is -2.10. The molecule has 1 heterocycles. The Morgan fingerprint density at radius 1 is 1.25 bits per heavy atom. The first-order valence-corrected chi connectivity index (χ1v) is 5.76. The third-order valence-corrected chi connectivity index (χ3v) is 3.23. The van der Waals surface area contributed by atoms with Crippen LogP contribution in [-0.2, 0) is 4.79 Å². The van der Waals surface area contributed by atoms with E-state index in [4.69, 9.17) is 0 Å². The minimum atomic E-state index is 0.147. The van der Waals surface area contributed by atoms with Crippen LogP contribution in [0.1, 0.15) is 24.3 Å². The molecule has 0 radical (unpaired) electrons. The molecule has 0 bridgehead atoms. The van der Waals surface area contributed by atoms with E-state index in [-0.39, 0.29) is 17.6 Å². The monoisotopic (exact) mass is 214 g/mol. The van der Waals surface area contributed by atoms with Crippen molar-refractivity contribution < 1.29 is 4.79 Å². The molecule has 1 aromatic carbocycles. The lowest BCUT2D eigenvalue weighted by Crippen LogP contribution is -2.22. The van der Waals surface area contributed by atoms with Crippen molar-refractivity contribution in [2.45, 2.75) is 18.8 Å². The maximum absolute atomic E-state index is 12.0. The summed E-state index contributed by atoms with van der Waals surface area (Å²) in [5.74, 6) is 0.651. The Morgan fingerprint density at radius 2 is 2.00 bits per heavy atom. The fraction of sp³-hybridized carbons (Fsp3) is 0.385. The van der Waals surface area contributed by atoms with Crippen LogP contribution in [0.2, 0.25) is 0 Å². The summed E-state index contributed by atoms with van der Waals surface area (Å²) in [7, 11) is 0. The van der Waals surface area contributed by atoms with Crippen LogP contribution in [0.5, 0.6) is 0 Å². The number of nitrogens with one attached hydrogen (secondary N) is 1. The molecule has 3 nitrogen and oxygen atoms in total. The van der Waals surface area contributed by atoms with Crippen molar-refractivity contribution in [2.24, 2.45) is 11.0 Å². The van der Waals surface area contributed by atoms with E-state index in [1.807, 2.05) is 18.2 Å². The zero-order chi connectivity index (χ0) is 11.0. The Labute approximate surface area is 94.6 Å². The Balaban J connectivity index is 1.86. The molecule has 1 atom stereocenters. The molecule has 0 amide bonds. The van der Waals surface area contributed by atoms with Crippen LogP contribution in [0.4, 0.5) is 0 Å². The highest BCUT2D eigenvalue weighted by molar-refractivity contribution is 6.43. The molecule has 82 valence electrons. The molecule has 1 aromatic rings. The van der Waals surface area contributed by atoms with E-state index in [2.05, 4.69) is 22.7 Å². The van der Waals surface area contributed by atoms with E-state index >= 15 is 0 Å². The molecule has 2 aliphatic rings. The second kappa shape index (κ2) is 3.74. The SMILES string of the molecule is O=C(C1=NNCC1c1ccccc1)C1CC1. The topological polar surface area (TPSA) is 41.5 Å². The normalized spacial score (nSPS) is 23.8. The molecule has 16 heavy (non-hydrogen) atoms. The van der Waals surface area contributed by atoms with Crippen LogP contribution < -0.4 is 5.43 Å². The smallest absolute Gasteiger partial charge is 0.182 e. The maximum Gasteiger partial charge on any atom is 0.182 e. The summed E-state index contributed by atoms with van der Waals surface area (Å²) < 4.78 is 0. The highest BCUT2D eigenvalue weighted by atomic mass is 16.1. The van der Waals surface area contributed by atoms with Gasteiger partial charge in [-0.05, 0) is 18.4 Å². The number of hydrazone groups is 1. The van der Waals surface area contributed by atoms with Gasteiger partial charge < -0.3 is 5.43 Å². The minimum absolute atomic E-state index is 0.147. The highest BCUT2D eigenvalue weighted by Gasteiger charge is 2.38. The number of benzene rings is 1. The van der Waals surface area contributed by atoms with Gasteiger partial charge in [-0.15, -0.1) is 0 Å². The first kappa shape index (κ1) is 9.58. The molecule has 1 aliphatic carbocycles. The second-order valence-electron chi connectivity index (χ2n) is 4.46. The van der Waals surface area contributed by atoms with E-state index in [0.29, 0.717) is 0 Å². The van der Waals surface area contributed by atoms with Crippen LogP contribution >= 0.6 is 0 Å². The van der Waals surface area contributed by atoms with Crippen LogP contribution in [0.3, 0.4) is 0 Å². The van der Waals surface area contributed by atoms with Gasteiger partial charge in [0.05, 0.1) is 5.92 Å². The van der Waals surface area contributed by atoms with Gasteiger partial charge in [0.1, 0.15) is 5.71 Å². The summed E-state index contributed by atoms with van der Waals surface area (Å²) in [5.41, 5.74) is 4.86. The molecule has 3 rings (SSSR count). The number of carbonyl (C=O) groups excluding carboxylic acids is 1. The zero-order valence-corrected chi connectivity index (χ0v) is 9.02. The van der Waals surface area contributed by atoms with Gasteiger partial charge in [-0.2, -0.15) is 5.10 Å². The number of ketones is 1. The molecule has 1 aliphatic heterocycles. The molecule has 3 heteroatoms. The Bertz CT molecular complexity index is 435. The van der Waals surface area contributed by atoms with Gasteiger partial charge in [-0.3, -0.25) is 4.79 Å². The average Bonchev–Trinajstić information content (AvgIpc) is 3.06. The van der Waals surface area contributed by atoms with Crippen molar-refractivity contribution in [1.29, 1.82) is 0 Å². The fourth-order valence-corrected chi connectivity index (χ4v) is 2.14. The van der Waals surface area contributed by atoms with Crippen molar-refractivity contribution in [3.63, 3.8) is 0 Å². The van der Waals surface area contributed by atoms with Crippen LogP contribution in [0.25, 0.3) is 0 Å². The number of rotatable bonds is 3. The minimum Gasteiger partial charge on any atom is -0.309 e. The van der Waals surface area contributed by atoms with E-state index in [1.165, 1.54) is 5.56 Å². The summed E-state index contributed by atoms with van der Waals surface area (Å²) in [6, 6.07) is 10.1. The van der Waals surface area contributed by atoms with Gasteiger partial charge in [0.2, 0.25) is 0 Å². The van der Waals surface area contributed by atoms with Gasteiger partial charge >= 0.3 is 0 Å². The Hall–Kier alpha value is -1.64.